The van der Waals surface area contributed by atoms with Crippen LogP contribution >= 0.6 is 0 Å². The van der Waals surface area contributed by atoms with Gasteiger partial charge in [0.1, 0.15) is 5.76 Å². The number of hydrogen-bond acceptors (Lipinski definition) is 6. The summed E-state index contributed by atoms with van der Waals surface area (Å²) >= 11 is 0. The first-order chi connectivity index (χ1) is 11.4. The lowest BCUT2D eigenvalue weighted by Crippen LogP contribution is -2.31. The van der Waals surface area contributed by atoms with Crippen molar-refractivity contribution in [3.63, 3.8) is 0 Å². The quantitative estimate of drug-likeness (QED) is 0.824. The second-order valence-electron chi connectivity index (χ2n) is 6.42. The maximum absolute atomic E-state index is 11.2. The molecule has 1 N–H and O–H groups in total. The van der Waals surface area contributed by atoms with E-state index in [-0.39, 0.29) is 0 Å². The van der Waals surface area contributed by atoms with E-state index in [1.165, 1.54) is 6.26 Å². The predicted octanol–water partition coefficient (Wildman–Crippen LogP) is 0.751. The van der Waals surface area contributed by atoms with Crippen LogP contribution in [-0.4, -0.2) is 47.6 Å². The van der Waals surface area contributed by atoms with Gasteiger partial charge in [-0.2, -0.15) is 5.10 Å². The van der Waals surface area contributed by atoms with E-state index < -0.39 is 10.0 Å². The Balaban J connectivity index is 1.68. The predicted molar refractivity (Wildman–Crippen MR) is 88.5 cm³/mol. The molecule has 0 fully saturated rings. The molecule has 0 spiro atoms. The summed E-state index contributed by atoms with van der Waals surface area (Å²) in [4.78, 5) is 2.31. The molecule has 1 atom stereocenters. The summed E-state index contributed by atoms with van der Waals surface area (Å²) in [6.45, 7) is 5.48. The van der Waals surface area contributed by atoms with Crippen molar-refractivity contribution in [1.29, 1.82) is 0 Å². The second kappa shape index (κ2) is 7.04. The lowest BCUT2D eigenvalue weighted by atomic mass is 10.1. The molecule has 0 aromatic carbocycles. The molecule has 8 nitrogen and oxygen atoms in total. The molecular weight excluding hydrogens is 330 g/mol. The summed E-state index contributed by atoms with van der Waals surface area (Å²) in [7, 11) is -3.15. The first-order valence-corrected chi connectivity index (χ1v) is 9.88. The van der Waals surface area contributed by atoms with Gasteiger partial charge in [0.05, 0.1) is 17.6 Å². The summed E-state index contributed by atoms with van der Waals surface area (Å²) in [5.74, 6) is 1.12. The maximum Gasteiger partial charge on any atom is 0.208 e. The minimum absolute atomic E-state index is 0.313. The van der Waals surface area contributed by atoms with Gasteiger partial charge in [-0.05, 0) is 25.3 Å². The molecule has 132 valence electrons. The molecule has 1 aliphatic rings. The highest BCUT2D eigenvalue weighted by molar-refractivity contribution is 7.88. The molecule has 1 aliphatic heterocycles. The minimum atomic E-state index is -3.15. The van der Waals surface area contributed by atoms with Crippen LogP contribution in [0.2, 0.25) is 0 Å². The Labute approximate surface area is 141 Å². The normalized spacial score (nSPS) is 19.2. The number of nitrogens with one attached hydrogen (secondary N) is 1. The molecule has 24 heavy (non-hydrogen) atoms. The van der Waals surface area contributed by atoms with Crippen LogP contribution in [0.25, 0.3) is 0 Å². The van der Waals surface area contributed by atoms with Gasteiger partial charge in [0, 0.05) is 45.0 Å². The molecule has 2 aromatic heterocycles. The molecule has 2 aromatic rings. The first-order valence-electron chi connectivity index (χ1n) is 7.99. The van der Waals surface area contributed by atoms with E-state index in [1.807, 2.05) is 29.9 Å². The Bertz CT molecular complexity index is 783. The topological polar surface area (TPSA) is 93.3 Å². The molecule has 0 saturated carbocycles. The molecule has 0 aliphatic carbocycles. The summed E-state index contributed by atoms with van der Waals surface area (Å²) in [6, 6.07) is 3.97. The number of hydrogen-bond donors (Lipinski definition) is 1. The van der Waals surface area contributed by atoms with E-state index in [0.29, 0.717) is 19.0 Å². The van der Waals surface area contributed by atoms with Gasteiger partial charge in [-0.25, -0.2) is 13.1 Å². The van der Waals surface area contributed by atoms with E-state index in [1.54, 1.807) is 0 Å². The van der Waals surface area contributed by atoms with Crippen molar-refractivity contribution in [2.45, 2.75) is 33.0 Å². The SMILES string of the molecule is Cc1cc(CN2Cc3ccnn3C[C@H](CCNS(C)(=O)=O)C2)no1. The monoisotopic (exact) mass is 353 g/mol. The van der Waals surface area contributed by atoms with Gasteiger partial charge in [0.25, 0.3) is 0 Å². The lowest BCUT2D eigenvalue weighted by Gasteiger charge is -2.22. The van der Waals surface area contributed by atoms with Crippen LogP contribution in [0.1, 0.15) is 23.6 Å². The van der Waals surface area contributed by atoms with Crippen molar-refractivity contribution in [3.8, 4) is 0 Å². The lowest BCUT2D eigenvalue weighted by molar-refractivity contribution is 0.209. The molecule has 0 amide bonds. The molecule has 3 rings (SSSR count). The molecule has 0 radical (unpaired) electrons. The van der Waals surface area contributed by atoms with Gasteiger partial charge in [-0.1, -0.05) is 5.16 Å². The van der Waals surface area contributed by atoms with Gasteiger partial charge in [-0.3, -0.25) is 9.58 Å². The largest absolute Gasteiger partial charge is 0.361 e. The number of aromatic nitrogens is 3. The zero-order valence-electron chi connectivity index (χ0n) is 14.0. The van der Waals surface area contributed by atoms with E-state index >= 15 is 0 Å². The average Bonchev–Trinajstić information content (AvgIpc) is 3.03. The van der Waals surface area contributed by atoms with Gasteiger partial charge >= 0.3 is 0 Å². The van der Waals surface area contributed by atoms with Crippen LogP contribution in [0.15, 0.2) is 22.9 Å². The fourth-order valence-corrected chi connectivity index (χ4v) is 3.58. The fraction of sp³-hybridized carbons (Fsp3) is 0.600. The highest BCUT2D eigenvalue weighted by Crippen LogP contribution is 2.20. The number of aryl methyl sites for hydroxylation is 1. The maximum atomic E-state index is 11.2. The van der Waals surface area contributed by atoms with Gasteiger partial charge in [0.15, 0.2) is 0 Å². The molecule has 9 heteroatoms. The third-order valence-corrected chi connectivity index (χ3v) is 4.85. The van der Waals surface area contributed by atoms with Gasteiger partial charge in [-0.15, -0.1) is 0 Å². The summed E-state index contributed by atoms with van der Waals surface area (Å²) in [5.41, 5.74) is 2.07. The van der Waals surface area contributed by atoms with Crippen molar-refractivity contribution >= 4 is 10.0 Å². The summed E-state index contributed by atoms with van der Waals surface area (Å²) in [6.07, 6.45) is 3.76. The standard InChI is InChI=1S/C15H23N5O3S/c1-12-7-14(18-23-12)10-19-8-13(3-6-17-24(2,21)22)9-20-15(11-19)4-5-16-20/h4-5,7,13,17H,3,6,8-11H2,1-2H3/t13-/m1/s1. The Morgan fingerprint density at radius 3 is 2.96 bits per heavy atom. The van der Waals surface area contributed by atoms with Crippen LogP contribution in [0.4, 0.5) is 0 Å². The highest BCUT2D eigenvalue weighted by Gasteiger charge is 2.23. The van der Waals surface area contributed by atoms with Crippen LogP contribution in [0, 0.1) is 12.8 Å². The fourth-order valence-electron chi connectivity index (χ4n) is 3.09. The number of rotatable bonds is 6. The molecule has 0 bridgehead atoms. The highest BCUT2D eigenvalue weighted by atomic mass is 32.2. The third-order valence-electron chi connectivity index (χ3n) is 4.12. The van der Waals surface area contributed by atoms with Crippen molar-refractivity contribution in [1.82, 2.24) is 24.6 Å². The summed E-state index contributed by atoms with van der Waals surface area (Å²) in [5, 5.41) is 8.46. The van der Waals surface area contributed by atoms with E-state index in [2.05, 4.69) is 19.9 Å². The molecule has 3 heterocycles. The van der Waals surface area contributed by atoms with Crippen molar-refractivity contribution in [2.24, 2.45) is 5.92 Å². The van der Waals surface area contributed by atoms with Crippen LogP contribution in [-0.2, 0) is 29.7 Å². The van der Waals surface area contributed by atoms with E-state index in [0.717, 1.165) is 43.2 Å². The smallest absolute Gasteiger partial charge is 0.208 e. The minimum Gasteiger partial charge on any atom is -0.361 e. The Morgan fingerprint density at radius 2 is 2.25 bits per heavy atom. The number of nitrogens with zero attached hydrogens (tertiary/aromatic N) is 4. The number of fused-ring (bicyclic) bond motifs is 1. The van der Waals surface area contributed by atoms with Crippen LogP contribution < -0.4 is 4.72 Å². The van der Waals surface area contributed by atoms with Crippen molar-refractivity contribution < 1.29 is 12.9 Å². The molecule has 0 saturated heterocycles. The Kier molecular flexibility index (Phi) is 5.02. The number of sulfonamides is 1. The van der Waals surface area contributed by atoms with Crippen LogP contribution in [0.3, 0.4) is 0 Å². The van der Waals surface area contributed by atoms with Crippen molar-refractivity contribution in [3.05, 3.63) is 35.5 Å². The molecular formula is C15H23N5O3S. The third kappa shape index (κ3) is 4.65. The second-order valence-corrected chi connectivity index (χ2v) is 8.26. The zero-order valence-corrected chi connectivity index (χ0v) is 14.8. The van der Waals surface area contributed by atoms with E-state index in [9.17, 15) is 8.42 Å². The Morgan fingerprint density at radius 1 is 1.42 bits per heavy atom. The van der Waals surface area contributed by atoms with Gasteiger partial charge < -0.3 is 4.52 Å². The zero-order chi connectivity index (χ0) is 17.2. The average molecular weight is 353 g/mol. The van der Waals surface area contributed by atoms with Crippen molar-refractivity contribution in [2.75, 3.05) is 19.3 Å². The molecule has 0 unspecified atom stereocenters. The van der Waals surface area contributed by atoms with E-state index in [4.69, 9.17) is 4.52 Å². The van der Waals surface area contributed by atoms with Gasteiger partial charge in [0.2, 0.25) is 10.0 Å². The first kappa shape index (κ1) is 17.1. The summed E-state index contributed by atoms with van der Waals surface area (Å²) < 4.78 is 32.2. The Hall–Kier alpha value is -1.71. The van der Waals surface area contributed by atoms with Crippen LogP contribution in [0.5, 0.6) is 0 Å².